The molecule has 0 radical (unpaired) electrons. The average Bonchev–Trinajstić information content (AvgIpc) is 2.32. The Kier molecular flexibility index (Phi) is 1.12. The smallest absolute Gasteiger partial charge is 0.140 e. The van der Waals surface area contributed by atoms with Crippen LogP contribution in [0, 0.1) is 5.82 Å². The van der Waals surface area contributed by atoms with Gasteiger partial charge in [0, 0.05) is 11.6 Å². The first-order chi connectivity index (χ1) is 5.27. The normalized spacial score (nSPS) is 10.6. The lowest BCUT2D eigenvalue weighted by molar-refractivity contribution is 0.481. The third kappa shape index (κ3) is 0.852. The van der Waals surface area contributed by atoms with Crippen molar-refractivity contribution in [3.8, 4) is 5.75 Å². The highest BCUT2D eigenvalue weighted by atomic mass is 19.1. The number of fused-ring (bicyclic) bond motifs is 1. The van der Waals surface area contributed by atoms with Crippen molar-refractivity contribution in [2.45, 2.75) is 0 Å². The van der Waals surface area contributed by atoms with E-state index in [4.69, 9.17) is 5.11 Å². The minimum atomic E-state index is -0.306. The van der Waals surface area contributed by atoms with Crippen LogP contribution in [0.5, 0.6) is 5.75 Å². The first kappa shape index (κ1) is 6.22. The van der Waals surface area contributed by atoms with Gasteiger partial charge in [-0.15, -0.1) is 0 Å². The molecule has 0 unspecified atom stereocenters. The Balaban J connectivity index is 2.86. The van der Waals surface area contributed by atoms with Gasteiger partial charge < -0.3 is 10.1 Å². The van der Waals surface area contributed by atoms with Crippen molar-refractivity contribution in [1.82, 2.24) is 4.98 Å². The van der Waals surface area contributed by atoms with Crippen LogP contribution in [0.15, 0.2) is 24.4 Å². The lowest BCUT2D eigenvalue weighted by Crippen LogP contribution is -1.71. The molecule has 0 saturated heterocycles. The van der Waals surface area contributed by atoms with E-state index in [2.05, 4.69) is 4.98 Å². The van der Waals surface area contributed by atoms with Gasteiger partial charge in [0.25, 0.3) is 0 Å². The number of rotatable bonds is 0. The summed E-state index contributed by atoms with van der Waals surface area (Å²) >= 11 is 0. The molecule has 0 fully saturated rings. The highest BCUT2D eigenvalue weighted by Crippen LogP contribution is 2.23. The summed E-state index contributed by atoms with van der Waals surface area (Å²) in [4.78, 5) is 2.74. The summed E-state index contributed by atoms with van der Waals surface area (Å²) in [5.41, 5.74) is 0.613. The van der Waals surface area contributed by atoms with Crippen molar-refractivity contribution in [3.63, 3.8) is 0 Å². The lowest BCUT2D eigenvalue weighted by Gasteiger charge is -1.89. The van der Waals surface area contributed by atoms with Gasteiger partial charge in [-0.1, -0.05) is 0 Å². The highest BCUT2D eigenvalue weighted by molar-refractivity contribution is 5.85. The minimum absolute atomic E-state index is 0.153. The Morgan fingerprint density at radius 2 is 2.18 bits per heavy atom. The Hall–Kier alpha value is -1.51. The monoisotopic (exact) mass is 151 g/mol. The Morgan fingerprint density at radius 1 is 1.36 bits per heavy atom. The first-order valence-electron chi connectivity index (χ1n) is 3.23. The van der Waals surface area contributed by atoms with E-state index in [1.807, 2.05) is 0 Å². The third-order valence-corrected chi connectivity index (χ3v) is 1.62. The number of aromatic nitrogens is 1. The summed E-state index contributed by atoms with van der Waals surface area (Å²) in [5.74, 6) is -0.153. The van der Waals surface area contributed by atoms with Crippen LogP contribution in [-0.2, 0) is 0 Å². The van der Waals surface area contributed by atoms with E-state index in [0.717, 1.165) is 0 Å². The molecule has 2 rings (SSSR count). The summed E-state index contributed by atoms with van der Waals surface area (Å²) in [6.07, 6.45) is 1.43. The van der Waals surface area contributed by atoms with Crippen LogP contribution >= 0.6 is 0 Å². The molecule has 0 aliphatic heterocycles. The minimum Gasteiger partial charge on any atom is -0.506 e. The number of hydrogen-bond donors (Lipinski definition) is 2. The summed E-state index contributed by atoms with van der Waals surface area (Å²) in [6.45, 7) is 0. The Labute approximate surface area is 62.3 Å². The highest BCUT2D eigenvalue weighted by Gasteiger charge is 2.00. The number of aromatic amines is 1. The molecule has 3 heteroatoms. The predicted molar refractivity (Wildman–Crippen MR) is 39.9 cm³/mol. The summed E-state index contributed by atoms with van der Waals surface area (Å²) in [6, 6.07) is 4.20. The standard InChI is InChI=1S/C8H6FNO/c9-5-1-2-6-7(3-5)10-4-8(6)11/h1-4,10-11H. The molecular formula is C8H6FNO. The number of benzene rings is 1. The molecule has 0 bridgehead atoms. The molecule has 0 aliphatic carbocycles. The quantitative estimate of drug-likeness (QED) is 0.593. The molecule has 56 valence electrons. The zero-order valence-corrected chi connectivity index (χ0v) is 5.63. The average molecular weight is 151 g/mol. The van der Waals surface area contributed by atoms with Crippen molar-refractivity contribution in [1.29, 1.82) is 0 Å². The summed E-state index contributed by atoms with van der Waals surface area (Å²) < 4.78 is 12.5. The zero-order chi connectivity index (χ0) is 7.84. The summed E-state index contributed by atoms with van der Waals surface area (Å²) in [5, 5.41) is 9.79. The van der Waals surface area contributed by atoms with Gasteiger partial charge in [0.1, 0.15) is 11.6 Å². The molecule has 1 aromatic heterocycles. The third-order valence-electron chi connectivity index (χ3n) is 1.62. The van der Waals surface area contributed by atoms with Gasteiger partial charge in [-0.2, -0.15) is 0 Å². The number of halogens is 1. The number of H-pyrrole nitrogens is 1. The molecule has 2 N–H and O–H groups in total. The van der Waals surface area contributed by atoms with E-state index in [-0.39, 0.29) is 11.6 Å². The maximum absolute atomic E-state index is 12.5. The van der Waals surface area contributed by atoms with Gasteiger partial charge in [0.15, 0.2) is 0 Å². The molecule has 2 aromatic rings. The van der Waals surface area contributed by atoms with Crippen molar-refractivity contribution >= 4 is 10.9 Å². The Bertz CT molecular complexity index is 394. The van der Waals surface area contributed by atoms with Gasteiger partial charge in [-0.25, -0.2) is 4.39 Å². The molecule has 11 heavy (non-hydrogen) atoms. The molecule has 1 heterocycles. The van der Waals surface area contributed by atoms with E-state index in [0.29, 0.717) is 10.9 Å². The largest absolute Gasteiger partial charge is 0.506 e. The van der Waals surface area contributed by atoms with Crippen LogP contribution in [0.2, 0.25) is 0 Å². The van der Waals surface area contributed by atoms with Gasteiger partial charge >= 0.3 is 0 Å². The molecular weight excluding hydrogens is 145 g/mol. The van der Waals surface area contributed by atoms with Crippen LogP contribution < -0.4 is 0 Å². The second kappa shape index (κ2) is 1.99. The van der Waals surface area contributed by atoms with E-state index in [1.165, 1.54) is 24.4 Å². The number of hydrogen-bond acceptors (Lipinski definition) is 1. The van der Waals surface area contributed by atoms with Gasteiger partial charge in [0.2, 0.25) is 0 Å². The number of nitrogens with one attached hydrogen (secondary N) is 1. The fourth-order valence-corrected chi connectivity index (χ4v) is 1.08. The van der Waals surface area contributed by atoms with Crippen LogP contribution in [0.25, 0.3) is 10.9 Å². The maximum atomic E-state index is 12.5. The molecule has 2 nitrogen and oxygen atoms in total. The van der Waals surface area contributed by atoms with E-state index >= 15 is 0 Å². The lowest BCUT2D eigenvalue weighted by atomic mass is 10.2. The number of aromatic hydroxyl groups is 1. The Morgan fingerprint density at radius 3 is 3.00 bits per heavy atom. The zero-order valence-electron chi connectivity index (χ0n) is 5.63. The molecule has 0 atom stereocenters. The van der Waals surface area contributed by atoms with Gasteiger partial charge in [-0.3, -0.25) is 0 Å². The van der Waals surface area contributed by atoms with Crippen molar-refractivity contribution < 1.29 is 9.50 Å². The van der Waals surface area contributed by atoms with E-state index in [1.54, 1.807) is 0 Å². The molecule has 0 amide bonds. The molecule has 0 spiro atoms. The first-order valence-corrected chi connectivity index (χ1v) is 3.23. The second-order valence-corrected chi connectivity index (χ2v) is 2.36. The van der Waals surface area contributed by atoms with Crippen molar-refractivity contribution in [3.05, 3.63) is 30.2 Å². The molecule has 0 saturated carbocycles. The van der Waals surface area contributed by atoms with Crippen LogP contribution in [0.1, 0.15) is 0 Å². The van der Waals surface area contributed by atoms with E-state index in [9.17, 15) is 4.39 Å². The fourth-order valence-electron chi connectivity index (χ4n) is 1.08. The van der Waals surface area contributed by atoms with Gasteiger partial charge in [0.05, 0.1) is 5.52 Å². The second-order valence-electron chi connectivity index (χ2n) is 2.36. The SMILES string of the molecule is Oc1c[nH]c2cc(F)ccc12. The van der Waals surface area contributed by atoms with E-state index < -0.39 is 0 Å². The molecule has 0 aliphatic rings. The molecule has 1 aromatic carbocycles. The summed E-state index contributed by atoms with van der Waals surface area (Å²) in [7, 11) is 0. The van der Waals surface area contributed by atoms with Gasteiger partial charge in [-0.05, 0) is 18.2 Å². The van der Waals surface area contributed by atoms with Crippen molar-refractivity contribution in [2.75, 3.05) is 0 Å². The van der Waals surface area contributed by atoms with Crippen LogP contribution in [0.4, 0.5) is 4.39 Å². The fraction of sp³-hybridized carbons (Fsp3) is 0. The topological polar surface area (TPSA) is 36.0 Å². The van der Waals surface area contributed by atoms with Crippen LogP contribution in [-0.4, -0.2) is 10.1 Å². The van der Waals surface area contributed by atoms with Crippen LogP contribution in [0.3, 0.4) is 0 Å². The maximum Gasteiger partial charge on any atom is 0.140 e. The van der Waals surface area contributed by atoms with Crippen molar-refractivity contribution in [2.24, 2.45) is 0 Å². The predicted octanol–water partition coefficient (Wildman–Crippen LogP) is 2.01.